The van der Waals surface area contributed by atoms with E-state index in [1.807, 2.05) is 0 Å². The van der Waals surface area contributed by atoms with E-state index in [9.17, 15) is 56.2 Å². The fourth-order valence-electron chi connectivity index (χ4n) is 4.89. The Kier molecular flexibility index (Phi) is 8.77. The lowest BCUT2D eigenvalue weighted by Crippen LogP contribution is -2.65. The van der Waals surface area contributed by atoms with Gasteiger partial charge in [-0.15, -0.1) is 0 Å². The van der Waals surface area contributed by atoms with Gasteiger partial charge < -0.3 is 75.1 Å². The zero-order valence-corrected chi connectivity index (χ0v) is 22.1. The minimum absolute atomic E-state index is 0.0288. The second-order valence-electron chi connectivity index (χ2n) is 10.1. The summed E-state index contributed by atoms with van der Waals surface area (Å²) < 4.78 is 28.6. The Morgan fingerprint density at radius 2 is 1.33 bits per heavy atom. The lowest BCUT2D eigenvalue weighted by atomic mass is 9.97. The SMILES string of the molecule is OCC1O[C@@H](Oc2cc3c(O)cc(O)cc3[o+]c2-c2ccc(O)c(O)c2)C(O[C@@H]2OC(CO)[C@H](O)[C@H](O)C2O)[C@@H](O)[C@@H]1O. The molecule has 2 aliphatic heterocycles. The van der Waals surface area contributed by atoms with E-state index in [1.165, 1.54) is 18.2 Å². The zero-order valence-electron chi connectivity index (χ0n) is 22.1. The number of hydrogen-bond acceptors (Lipinski definition) is 15. The van der Waals surface area contributed by atoms with Crippen molar-refractivity contribution < 1.29 is 79.5 Å². The molecule has 3 aromatic rings. The summed E-state index contributed by atoms with van der Waals surface area (Å²) in [7, 11) is 0. The third-order valence-corrected chi connectivity index (χ3v) is 7.26. The fourth-order valence-corrected chi connectivity index (χ4v) is 4.89. The van der Waals surface area contributed by atoms with Crippen LogP contribution in [0.2, 0.25) is 0 Å². The second kappa shape index (κ2) is 12.2. The Hall–Kier alpha value is -3.55. The highest BCUT2D eigenvalue weighted by Crippen LogP contribution is 2.42. The maximum atomic E-state index is 10.9. The third kappa shape index (κ3) is 5.85. The summed E-state index contributed by atoms with van der Waals surface area (Å²) >= 11 is 0. The van der Waals surface area contributed by atoms with Crippen LogP contribution in [0.5, 0.6) is 28.7 Å². The number of aliphatic hydroxyl groups excluding tert-OH is 7. The Balaban J connectivity index is 1.57. The van der Waals surface area contributed by atoms with Gasteiger partial charge in [0, 0.05) is 18.2 Å². The molecule has 4 unspecified atom stereocenters. The van der Waals surface area contributed by atoms with Crippen molar-refractivity contribution in [2.24, 2.45) is 0 Å². The summed E-state index contributed by atoms with van der Waals surface area (Å²) in [6.07, 6.45) is -17.1. The van der Waals surface area contributed by atoms with Crippen LogP contribution in [0.25, 0.3) is 22.3 Å². The van der Waals surface area contributed by atoms with Crippen LogP contribution in [0.3, 0.4) is 0 Å². The van der Waals surface area contributed by atoms with Gasteiger partial charge in [-0.25, -0.2) is 4.42 Å². The first-order valence-corrected chi connectivity index (χ1v) is 13.0. The minimum atomic E-state index is -1.89. The Morgan fingerprint density at radius 3 is 1.98 bits per heavy atom. The van der Waals surface area contributed by atoms with Gasteiger partial charge >= 0.3 is 11.3 Å². The van der Waals surface area contributed by atoms with Crippen molar-refractivity contribution in [1.29, 1.82) is 0 Å². The summed E-state index contributed by atoms with van der Waals surface area (Å²) in [5.74, 6) is -2.13. The van der Waals surface area contributed by atoms with E-state index in [0.717, 1.165) is 18.2 Å². The van der Waals surface area contributed by atoms with Gasteiger partial charge in [-0.3, -0.25) is 0 Å². The van der Waals surface area contributed by atoms with E-state index in [4.69, 9.17) is 23.4 Å². The van der Waals surface area contributed by atoms with Gasteiger partial charge in [-0.1, -0.05) is 0 Å². The largest absolute Gasteiger partial charge is 0.507 e. The molecule has 16 heteroatoms. The zero-order chi connectivity index (χ0) is 31.2. The number of aromatic hydroxyl groups is 4. The number of rotatable bonds is 7. The molecule has 2 saturated heterocycles. The highest BCUT2D eigenvalue weighted by Gasteiger charge is 2.51. The molecular weight excluding hydrogens is 580 g/mol. The Labute approximate surface area is 242 Å². The van der Waals surface area contributed by atoms with Crippen molar-refractivity contribution in [2.45, 2.75) is 61.4 Å². The van der Waals surface area contributed by atoms with Crippen molar-refractivity contribution in [1.82, 2.24) is 0 Å². The van der Waals surface area contributed by atoms with Crippen LogP contribution in [0.15, 0.2) is 40.8 Å². The number of fused-ring (bicyclic) bond motifs is 1. The molecule has 16 nitrogen and oxygen atoms in total. The molecule has 0 amide bonds. The second-order valence-corrected chi connectivity index (χ2v) is 10.1. The summed E-state index contributed by atoms with van der Waals surface area (Å²) in [5.41, 5.74) is 0.0892. The average Bonchev–Trinajstić information content (AvgIpc) is 2.98. The smallest absolute Gasteiger partial charge is 0.402 e. The van der Waals surface area contributed by atoms with E-state index in [-0.39, 0.29) is 33.8 Å². The van der Waals surface area contributed by atoms with Gasteiger partial charge in [-0.2, -0.15) is 0 Å². The third-order valence-electron chi connectivity index (χ3n) is 7.26. The summed E-state index contributed by atoms with van der Waals surface area (Å²) in [4.78, 5) is 0. The number of phenolic OH excluding ortho intramolecular Hbond substituents is 4. The van der Waals surface area contributed by atoms with Crippen molar-refractivity contribution >= 4 is 11.0 Å². The molecule has 11 N–H and O–H groups in total. The van der Waals surface area contributed by atoms with Crippen LogP contribution in [0.4, 0.5) is 0 Å². The Morgan fingerprint density at radius 1 is 0.674 bits per heavy atom. The molecule has 2 aromatic carbocycles. The summed E-state index contributed by atoms with van der Waals surface area (Å²) in [6, 6.07) is 7.08. The van der Waals surface area contributed by atoms with Crippen LogP contribution in [-0.4, -0.2) is 131 Å². The molecule has 234 valence electrons. The molecule has 2 fully saturated rings. The summed E-state index contributed by atoms with van der Waals surface area (Å²) in [5, 5.41) is 112. The van der Waals surface area contributed by atoms with Gasteiger partial charge in [0.15, 0.2) is 23.9 Å². The predicted molar refractivity (Wildman–Crippen MR) is 140 cm³/mol. The molecule has 0 saturated carbocycles. The molecule has 43 heavy (non-hydrogen) atoms. The van der Waals surface area contributed by atoms with Crippen molar-refractivity contribution in [2.75, 3.05) is 13.2 Å². The molecule has 10 atom stereocenters. The highest BCUT2D eigenvalue weighted by molar-refractivity contribution is 5.88. The highest BCUT2D eigenvalue weighted by atomic mass is 16.8. The van der Waals surface area contributed by atoms with Gasteiger partial charge in [0.05, 0.1) is 24.8 Å². The van der Waals surface area contributed by atoms with Crippen LogP contribution in [0.1, 0.15) is 0 Å². The number of aliphatic hydroxyl groups is 7. The topological polar surface area (TPSA) is 271 Å². The van der Waals surface area contributed by atoms with Gasteiger partial charge in [0.2, 0.25) is 12.0 Å². The molecule has 0 aliphatic carbocycles. The molecule has 0 spiro atoms. The van der Waals surface area contributed by atoms with Crippen molar-refractivity contribution in [3.8, 4) is 40.1 Å². The van der Waals surface area contributed by atoms with Gasteiger partial charge in [0.25, 0.3) is 0 Å². The van der Waals surface area contributed by atoms with Crippen molar-refractivity contribution in [3.63, 3.8) is 0 Å². The van der Waals surface area contributed by atoms with E-state index in [0.29, 0.717) is 0 Å². The number of benzene rings is 2. The number of phenols is 4. The van der Waals surface area contributed by atoms with Crippen LogP contribution in [0, 0.1) is 0 Å². The first-order chi connectivity index (χ1) is 20.4. The normalized spacial score (nSPS) is 33.0. The lowest BCUT2D eigenvalue weighted by molar-refractivity contribution is -0.357. The lowest BCUT2D eigenvalue weighted by Gasteiger charge is -2.45. The molecule has 0 bridgehead atoms. The minimum Gasteiger partial charge on any atom is -0.507 e. The standard InChI is InChI=1S/C27H30O16/c28-7-17-19(34)21(36)23(38)26(41-17)43-25-22(37)20(35)18(8-29)42-27(25)40-16-6-11-13(32)4-10(30)5-15(11)39-24(16)9-1-2-12(31)14(33)3-9/h1-6,17-23,25-29,34-38H,7-8H2,(H3-,30,31,32,33)/p+1/t17?,18?,19-,20+,21-,22-,23?,25?,26-,27+/m0/s1. The maximum Gasteiger partial charge on any atom is 0.402 e. The number of ether oxygens (including phenoxy) is 4. The van der Waals surface area contributed by atoms with Crippen LogP contribution in [-0.2, 0) is 14.2 Å². The molecule has 1 aromatic heterocycles. The number of hydrogen-bond donors (Lipinski definition) is 11. The quantitative estimate of drug-likeness (QED) is 0.104. The summed E-state index contributed by atoms with van der Waals surface area (Å²) in [6.45, 7) is -1.56. The fraction of sp³-hybridized carbons (Fsp3) is 0.444. The monoisotopic (exact) mass is 611 g/mol. The van der Waals surface area contributed by atoms with E-state index in [1.54, 1.807) is 0 Å². The molecule has 3 heterocycles. The molecule has 5 rings (SSSR count). The molecule has 2 aliphatic rings. The van der Waals surface area contributed by atoms with E-state index in [2.05, 4.69) is 0 Å². The maximum absolute atomic E-state index is 10.9. The van der Waals surface area contributed by atoms with E-state index < -0.39 is 91.9 Å². The first-order valence-electron chi connectivity index (χ1n) is 13.0. The van der Waals surface area contributed by atoms with Crippen LogP contribution < -0.4 is 4.74 Å². The average molecular weight is 612 g/mol. The van der Waals surface area contributed by atoms with Gasteiger partial charge in [-0.05, 0) is 12.1 Å². The van der Waals surface area contributed by atoms with Crippen LogP contribution >= 0.6 is 0 Å². The van der Waals surface area contributed by atoms with Gasteiger partial charge in [0.1, 0.15) is 59.6 Å². The Bertz CT molecular complexity index is 1450. The van der Waals surface area contributed by atoms with Crippen molar-refractivity contribution in [3.05, 3.63) is 36.4 Å². The van der Waals surface area contributed by atoms with E-state index >= 15 is 0 Å². The molecule has 0 radical (unpaired) electrons. The molecular formula is C27H31O16+. The predicted octanol–water partition coefficient (Wildman–Crippen LogP) is -1.79. The first kappa shape index (κ1) is 30.9.